The smallest absolute Gasteiger partial charge is 0.369 e. The molecule has 0 spiro atoms. The van der Waals surface area contributed by atoms with E-state index < -0.39 is 17.6 Å². The topological polar surface area (TPSA) is 61.4 Å². The number of nitrogens with one attached hydrogen (secondary N) is 1. The summed E-state index contributed by atoms with van der Waals surface area (Å²) in [4.78, 5) is 25.2. The summed E-state index contributed by atoms with van der Waals surface area (Å²) in [5.41, 5.74) is 3.97. The molecule has 0 aliphatic carbocycles. The van der Waals surface area contributed by atoms with E-state index in [1.165, 1.54) is 11.8 Å². The Kier molecular flexibility index (Phi) is 7.07. The van der Waals surface area contributed by atoms with Gasteiger partial charge in [0.2, 0.25) is 0 Å². The molecular weight excluding hydrogens is 455 g/mol. The van der Waals surface area contributed by atoms with E-state index >= 15 is 0 Å². The first-order valence-corrected chi connectivity index (χ1v) is 11.4. The lowest BCUT2D eigenvalue weighted by molar-refractivity contribution is -0.137. The highest BCUT2D eigenvalue weighted by atomic mass is 19.4. The van der Waals surface area contributed by atoms with Gasteiger partial charge in [-0.2, -0.15) is 13.2 Å². The molecule has 3 aromatic rings. The average Bonchev–Trinajstić information content (AvgIpc) is 3.29. The lowest BCUT2D eigenvalue weighted by Gasteiger charge is -2.23. The SMILES string of the molecule is Cc1ccc(C(=O)Nc2cncc(C(F)(F)F)c2)cc1[C@@H]1CCN(c2cnccc2CN(C)C)C1. The van der Waals surface area contributed by atoms with Gasteiger partial charge in [-0.05, 0) is 68.4 Å². The van der Waals surface area contributed by atoms with Gasteiger partial charge in [0.15, 0.2) is 0 Å². The highest BCUT2D eigenvalue weighted by Gasteiger charge is 2.31. The van der Waals surface area contributed by atoms with Crippen molar-refractivity contribution in [3.63, 3.8) is 0 Å². The summed E-state index contributed by atoms with van der Waals surface area (Å²) in [5, 5.41) is 2.54. The van der Waals surface area contributed by atoms with Crippen molar-refractivity contribution in [1.29, 1.82) is 0 Å². The van der Waals surface area contributed by atoms with Crippen LogP contribution in [0, 0.1) is 6.92 Å². The Bertz CT molecular complexity index is 1210. The predicted octanol–water partition coefficient (Wildman–Crippen LogP) is 5.11. The van der Waals surface area contributed by atoms with Gasteiger partial charge in [-0.15, -0.1) is 0 Å². The maximum atomic E-state index is 13.0. The summed E-state index contributed by atoms with van der Waals surface area (Å²) in [6, 6.07) is 8.36. The minimum absolute atomic E-state index is 0.00370. The molecule has 6 nitrogen and oxygen atoms in total. The van der Waals surface area contributed by atoms with Crippen molar-refractivity contribution in [2.75, 3.05) is 37.4 Å². The minimum Gasteiger partial charge on any atom is -0.369 e. The number of aromatic nitrogens is 2. The van der Waals surface area contributed by atoms with Gasteiger partial charge in [0.05, 0.1) is 29.3 Å². The molecule has 1 amide bonds. The molecule has 1 N–H and O–H groups in total. The Morgan fingerprint density at radius 1 is 1.14 bits per heavy atom. The zero-order chi connectivity index (χ0) is 25.2. The van der Waals surface area contributed by atoms with Crippen molar-refractivity contribution < 1.29 is 18.0 Å². The van der Waals surface area contributed by atoms with Crippen LogP contribution in [-0.4, -0.2) is 48.0 Å². The molecule has 1 aromatic carbocycles. The monoisotopic (exact) mass is 483 g/mol. The molecule has 3 heterocycles. The zero-order valence-electron chi connectivity index (χ0n) is 19.9. The quantitative estimate of drug-likeness (QED) is 0.528. The van der Waals surface area contributed by atoms with Gasteiger partial charge in [-0.25, -0.2) is 0 Å². The third-order valence-electron chi connectivity index (χ3n) is 6.21. The van der Waals surface area contributed by atoms with Crippen molar-refractivity contribution >= 4 is 17.3 Å². The summed E-state index contributed by atoms with van der Waals surface area (Å²) < 4.78 is 38.9. The number of pyridine rings is 2. The van der Waals surface area contributed by atoms with Crippen LogP contribution < -0.4 is 10.2 Å². The zero-order valence-corrected chi connectivity index (χ0v) is 19.9. The van der Waals surface area contributed by atoms with E-state index in [4.69, 9.17) is 0 Å². The number of carbonyl (C=O) groups is 1. The van der Waals surface area contributed by atoms with Gasteiger partial charge in [-0.1, -0.05) is 6.07 Å². The van der Waals surface area contributed by atoms with E-state index in [2.05, 4.69) is 25.1 Å². The molecular formula is C26H28F3N5O. The standard InChI is InChI=1S/C26H28F3N5O/c1-17-4-5-18(25(35)32-22-11-21(12-31-13-22)26(27,28)29)10-23(17)19-7-9-34(16-19)24-14-30-8-6-20(24)15-33(2)3/h4-6,8,10-14,19H,7,9,15-16H2,1-3H3,(H,32,35)/t19-/m1/s1. The van der Waals surface area contributed by atoms with Crippen LogP contribution in [0.4, 0.5) is 24.5 Å². The number of nitrogens with zero attached hydrogens (tertiary/aromatic N) is 4. The average molecular weight is 484 g/mol. The normalized spacial score (nSPS) is 16.1. The van der Waals surface area contributed by atoms with Crippen molar-refractivity contribution in [3.05, 3.63) is 82.9 Å². The van der Waals surface area contributed by atoms with Crippen molar-refractivity contribution in [2.24, 2.45) is 0 Å². The van der Waals surface area contributed by atoms with Crippen LogP contribution in [0.2, 0.25) is 0 Å². The Morgan fingerprint density at radius 3 is 2.69 bits per heavy atom. The third kappa shape index (κ3) is 5.79. The fraction of sp³-hybridized carbons (Fsp3) is 0.346. The highest BCUT2D eigenvalue weighted by Crippen LogP contribution is 2.34. The number of hydrogen-bond acceptors (Lipinski definition) is 5. The number of aryl methyl sites for hydroxylation is 1. The van der Waals surface area contributed by atoms with Crippen LogP contribution in [0.15, 0.2) is 55.1 Å². The molecule has 0 saturated carbocycles. The fourth-order valence-corrected chi connectivity index (χ4v) is 4.50. The van der Waals surface area contributed by atoms with Crippen LogP contribution >= 0.6 is 0 Å². The Morgan fingerprint density at radius 2 is 1.94 bits per heavy atom. The molecule has 35 heavy (non-hydrogen) atoms. The number of hydrogen-bond donors (Lipinski definition) is 1. The molecule has 1 fully saturated rings. The third-order valence-corrected chi connectivity index (χ3v) is 6.21. The highest BCUT2D eigenvalue weighted by molar-refractivity contribution is 6.04. The molecule has 1 saturated heterocycles. The number of rotatable bonds is 6. The van der Waals surface area contributed by atoms with E-state index in [0.717, 1.165) is 55.1 Å². The number of amides is 1. The molecule has 1 atom stereocenters. The van der Waals surface area contributed by atoms with Crippen LogP contribution in [0.3, 0.4) is 0 Å². The van der Waals surface area contributed by atoms with Crippen molar-refractivity contribution in [2.45, 2.75) is 32.0 Å². The van der Waals surface area contributed by atoms with E-state index in [0.29, 0.717) is 5.56 Å². The van der Waals surface area contributed by atoms with E-state index in [1.54, 1.807) is 6.07 Å². The Hall–Kier alpha value is -3.46. The summed E-state index contributed by atoms with van der Waals surface area (Å²) >= 11 is 0. The number of alkyl halides is 3. The predicted molar refractivity (Wildman–Crippen MR) is 130 cm³/mol. The van der Waals surface area contributed by atoms with Gasteiger partial charge in [0, 0.05) is 43.5 Å². The largest absolute Gasteiger partial charge is 0.417 e. The van der Waals surface area contributed by atoms with Gasteiger partial charge in [0.1, 0.15) is 0 Å². The molecule has 0 radical (unpaired) electrons. The molecule has 1 aliphatic rings. The molecule has 2 aromatic heterocycles. The molecule has 9 heteroatoms. The summed E-state index contributed by atoms with van der Waals surface area (Å²) in [7, 11) is 4.07. The second kappa shape index (κ2) is 10.0. The van der Waals surface area contributed by atoms with Gasteiger partial charge >= 0.3 is 6.18 Å². The second-order valence-electron chi connectivity index (χ2n) is 9.16. The first-order valence-electron chi connectivity index (χ1n) is 11.4. The number of anilines is 2. The number of carbonyl (C=O) groups excluding carboxylic acids is 1. The molecule has 184 valence electrons. The van der Waals surface area contributed by atoms with Gasteiger partial charge < -0.3 is 15.1 Å². The van der Waals surface area contributed by atoms with Gasteiger partial charge in [-0.3, -0.25) is 14.8 Å². The first kappa shape index (κ1) is 24.7. The summed E-state index contributed by atoms with van der Waals surface area (Å²) in [6.07, 6.45) is 2.05. The lowest BCUT2D eigenvalue weighted by Crippen LogP contribution is -2.23. The molecule has 1 aliphatic heterocycles. The maximum Gasteiger partial charge on any atom is 0.417 e. The van der Waals surface area contributed by atoms with E-state index in [-0.39, 0.29) is 11.6 Å². The Balaban J connectivity index is 1.51. The van der Waals surface area contributed by atoms with Crippen LogP contribution in [0.1, 0.15) is 45.0 Å². The second-order valence-corrected chi connectivity index (χ2v) is 9.16. The summed E-state index contributed by atoms with van der Waals surface area (Å²) in [6.45, 7) is 4.51. The first-order chi connectivity index (χ1) is 16.6. The van der Waals surface area contributed by atoms with Crippen molar-refractivity contribution in [3.8, 4) is 0 Å². The summed E-state index contributed by atoms with van der Waals surface area (Å²) in [5.74, 6) is -0.242. The fourth-order valence-electron chi connectivity index (χ4n) is 4.50. The van der Waals surface area contributed by atoms with Gasteiger partial charge in [0.25, 0.3) is 5.91 Å². The number of halogens is 3. The lowest BCUT2D eigenvalue weighted by atomic mass is 9.92. The van der Waals surface area contributed by atoms with Crippen LogP contribution in [-0.2, 0) is 12.7 Å². The van der Waals surface area contributed by atoms with Crippen molar-refractivity contribution in [1.82, 2.24) is 14.9 Å². The van der Waals surface area contributed by atoms with E-state index in [9.17, 15) is 18.0 Å². The maximum absolute atomic E-state index is 13.0. The molecule has 0 unspecified atom stereocenters. The van der Waals surface area contributed by atoms with Crippen LogP contribution in [0.25, 0.3) is 0 Å². The van der Waals surface area contributed by atoms with Crippen LogP contribution in [0.5, 0.6) is 0 Å². The van der Waals surface area contributed by atoms with E-state index in [1.807, 2.05) is 51.6 Å². The molecule has 4 rings (SSSR count). The number of benzene rings is 1. The minimum atomic E-state index is -4.53. The Labute approximate surface area is 202 Å². The molecule has 0 bridgehead atoms.